The van der Waals surface area contributed by atoms with E-state index in [1.807, 2.05) is 0 Å². The van der Waals surface area contributed by atoms with Crippen molar-refractivity contribution < 1.29 is 14.7 Å². The number of hydrogen-bond acceptors (Lipinski definition) is 3. The molecule has 0 spiro atoms. The average molecular weight is 265 g/mol. The standard InChI is InChI=1S/C15H23NO3/c1-2-3-4-5-6-9-12(17)13-14(18)11-8-7-10-16(11)15(13)19/h11,18H,2-10H2,1H3. The Morgan fingerprint density at radius 1 is 1.32 bits per heavy atom. The predicted molar refractivity (Wildman–Crippen MR) is 72.8 cm³/mol. The molecular weight excluding hydrogens is 242 g/mol. The molecule has 2 heterocycles. The maximum absolute atomic E-state index is 12.1. The molecule has 1 amide bonds. The van der Waals surface area contributed by atoms with Crippen LogP contribution in [0.2, 0.25) is 0 Å². The molecule has 106 valence electrons. The minimum atomic E-state index is -0.251. The summed E-state index contributed by atoms with van der Waals surface area (Å²) in [4.78, 5) is 25.8. The normalized spacial score (nSPS) is 22.3. The minimum Gasteiger partial charge on any atom is -0.509 e. The van der Waals surface area contributed by atoms with Crippen LogP contribution in [-0.4, -0.2) is 34.3 Å². The number of carbonyl (C=O) groups is 2. The van der Waals surface area contributed by atoms with E-state index >= 15 is 0 Å². The van der Waals surface area contributed by atoms with E-state index in [2.05, 4.69) is 6.92 Å². The number of fused-ring (bicyclic) bond motifs is 1. The van der Waals surface area contributed by atoms with Crippen LogP contribution >= 0.6 is 0 Å². The van der Waals surface area contributed by atoms with Crippen LogP contribution in [0.15, 0.2) is 11.3 Å². The number of carbonyl (C=O) groups excluding carboxylic acids is 2. The second kappa shape index (κ2) is 6.22. The summed E-state index contributed by atoms with van der Waals surface area (Å²) < 4.78 is 0. The Labute approximate surface area is 114 Å². The van der Waals surface area contributed by atoms with E-state index < -0.39 is 0 Å². The molecule has 0 aromatic carbocycles. The summed E-state index contributed by atoms with van der Waals surface area (Å²) in [7, 11) is 0. The first-order chi connectivity index (χ1) is 9.16. The van der Waals surface area contributed by atoms with Crippen molar-refractivity contribution in [3.63, 3.8) is 0 Å². The number of ketones is 1. The lowest BCUT2D eigenvalue weighted by Crippen LogP contribution is -2.30. The number of aliphatic hydroxyl groups excluding tert-OH is 1. The van der Waals surface area contributed by atoms with Crippen molar-refractivity contribution in [3.05, 3.63) is 11.3 Å². The van der Waals surface area contributed by atoms with E-state index in [1.165, 1.54) is 12.8 Å². The van der Waals surface area contributed by atoms with Crippen molar-refractivity contribution in [2.45, 2.75) is 64.3 Å². The Bertz CT molecular complexity index is 400. The zero-order valence-electron chi connectivity index (χ0n) is 11.7. The minimum absolute atomic E-state index is 0.0288. The van der Waals surface area contributed by atoms with Gasteiger partial charge in [0.1, 0.15) is 11.3 Å². The lowest BCUT2D eigenvalue weighted by Gasteiger charge is -2.14. The SMILES string of the molecule is CCCCCCCC(=O)C1=C(O)C2CCCN2C1=O. The van der Waals surface area contributed by atoms with Crippen molar-refractivity contribution >= 4 is 11.7 Å². The first-order valence-corrected chi connectivity index (χ1v) is 7.44. The van der Waals surface area contributed by atoms with E-state index in [-0.39, 0.29) is 29.1 Å². The molecule has 0 bridgehead atoms. The fraction of sp³-hybridized carbons (Fsp3) is 0.733. The van der Waals surface area contributed by atoms with Gasteiger partial charge in [-0.15, -0.1) is 0 Å². The molecule has 4 heteroatoms. The summed E-state index contributed by atoms with van der Waals surface area (Å²) in [6.45, 7) is 2.82. The van der Waals surface area contributed by atoms with Crippen molar-refractivity contribution in [1.82, 2.24) is 4.90 Å². The first-order valence-electron chi connectivity index (χ1n) is 7.44. The van der Waals surface area contributed by atoms with Gasteiger partial charge in [-0.1, -0.05) is 32.6 Å². The van der Waals surface area contributed by atoms with Crippen molar-refractivity contribution in [2.75, 3.05) is 6.54 Å². The smallest absolute Gasteiger partial charge is 0.261 e. The molecule has 0 aliphatic carbocycles. The Hall–Kier alpha value is -1.32. The van der Waals surface area contributed by atoms with Crippen LogP contribution in [0.3, 0.4) is 0 Å². The summed E-state index contributed by atoms with van der Waals surface area (Å²) in [6.07, 6.45) is 7.42. The lowest BCUT2D eigenvalue weighted by atomic mass is 10.0. The molecule has 4 nitrogen and oxygen atoms in total. The maximum atomic E-state index is 12.1. The molecule has 2 aliphatic heterocycles. The lowest BCUT2D eigenvalue weighted by molar-refractivity contribution is -0.128. The number of aliphatic hydroxyl groups is 1. The third-order valence-electron chi connectivity index (χ3n) is 4.09. The number of rotatable bonds is 7. The highest BCUT2D eigenvalue weighted by molar-refractivity contribution is 6.21. The van der Waals surface area contributed by atoms with Gasteiger partial charge in [-0.25, -0.2) is 0 Å². The Balaban J connectivity index is 1.88. The topological polar surface area (TPSA) is 57.6 Å². The highest BCUT2D eigenvalue weighted by Crippen LogP contribution is 2.33. The first kappa shape index (κ1) is 14.1. The highest BCUT2D eigenvalue weighted by Gasteiger charge is 2.44. The molecule has 1 atom stereocenters. The van der Waals surface area contributed by atoms with Gasteiger partial charge in [-0.05, 0) is 19.3 Å². The molecular formula is C15H23NO3. The van der Waals surface area contributed by atoms with Crippen LogP contribution in [0.1, 0.15) is 58.3 Å². The Kier molecular flexibility index (Phi) is 4.61. The number of hydrogen-bond donors (Lipinski definition) is 1. The predicted octanol–water partition coefficient (Wildman–Crippen LogP) is 2.73. The summed E-state index contributed by atoms with van der Waals surface area (Å²) >= 11 is 0. The Morgan fingerprint density at radius 3 is 2.74 bits per heavy atom. The number of nitrogens with zero attached hydrogens (tertiary/aromatic N) is 1. The second-order valence-electron chi connectivity index (χ2n) is 5.50. The third-order valence-corrected chi connectivity index (χ3v) is 4.09. The zero-order valence-corrected chi connectivity index (χ0v) is 11.7. The molecule has 0 saturated carbocycles. The average Bonchev–Trinajstić information content (AvgIpc) is 2.94. The van der Waals surface area contributed by atoms with E-state index in [0.717, 1.165) is 32.1 Å². The molecule has 2 rings (SSSR count). The fourth-order valence-corrected chi connectivity index (χ4v) is 2.99. The van der Waals surface area contributed by atoms with Gasteiger partial charge >= 0.3 is 0 Å². The second-order valence-corrected chi connectivity index (χ2v) is 5.50. The molecule has 1 N–H and O–H groups in total. The monoisotopic (exact) mass is 265 g/mol. The van der Waals surface area contributed by atoms with Gasteiger partial charge in [-0.2, -0.15) is 0 Å². The van der Waals surface area contributed by atoms with Crippen molar-refractivity contribution in [2.24, 2.45) is 0 Å². The third kappa shape index (κ3) is 2.82. The molecule has 1 fully saturated rings. The van der Waals surface area contributed by atoms with Gasteiger partial charge < -0.3 is 10.0 Å². The van der Waals surface area contributed by atoms with Gasteiger partial charge in [-0.3, -0.25) is 9.59 Å². The largest absolute Gasteiger partial charge is 0.509 e. The quantitative estimate of drug-likeness (QED) is 0.569. The van der Waals surface area contributed by atoms with Gasteiger partial charge in [0.2, 0.25) is 0 Å². The number of amides is 1. The van der Waals surface area contributed by atoms with Crippen LogP contribution in [-0.2, 0) is 9.59 Å². The summed E-state index contributed by atoms with van der Waals surface area (Å²) in [5.74, 6) is -0.395. The van der Waals surface area contributed by atoms with Crippen LogP contribution in [0, 0.1) is 0 Å². The van der Waals surface area contributed by atoms with Gasteiger partial charge in [0.25, 0.3) is 5.91 Å². The van der Waals surface area contributed by atoms with E-state index in [9.17, 15) is 14.7 Å². The van der Waals surface area contributed by atoms with Crippen LogP contribution in [0.4, 0.5) is 0 Å². The molecule has 0 radical (unpaired) electrons. The van der Waals surface area contributed by atoms with Gasteiger partial charge in [0.05, 0.1) is 6.04 Å². The summed E-state index contributed by atoms with van der Waals surface area (Å²) in [5.41, 5.74) is 0.0696. The van der Waals surface area contributed by atoms with E-state index in [1.54, 1.807) is 4.90 Å². The molecule has 0 aromatic rings. The summed E-state index contributed by atoms with van der Waals surface area (Å²) in [5, 5.41) is 10.0. The van der Waals surface area contributed by atoms with Crippen LogP contribution < -0.4 is 0 Å². The number of unbranched alkanes of at least 4 members (excludes halogenated alkanes) is 4. The molecule has 1 saturated heterocycles. The van der Waals surface area contributed by atoms with Crippen molar-refractivity contribution in [3.8, 4) is 0 Å². The Morgan fingerprint density at radius 2 is 2.05 bits per heavy atom. The van der Waals surface area contributed by atoms with E-state index in [0.29, 0.717) is 13.0 Å². The molecule has 0 aromatic heterocycles. The summed E-state index contributed by atoms with van der Waals surface area (Å²) in [6, 6.07) is -0.216. The zero-order chi connectivity index (χ0) is 13.8. The van der Waals surface area contributed by atoms with Crippen LogP contribution in [0.5, 0.6) is 0 Å². The molecule has 1 unspecified atom stereocenters. The maximum Gasteiger partial charge on any atom is 0.261 e. The molecule has 19 heavy (non-hydrogen) atoms. The van der Waals surface area contributed by atoms with Gasteiger partial charge in [0.15, 0.2) is 5.78 Å². The van der Waals surface area contributed by atoms with Crippen molar-refractivity contribution in [1.29, 1.82) is 0 Å². The molecule has 2 aliphatic rings. The van der Waals surface area contributed by atoms with E-state index in [4.69, 9.17) is 0 Å². The number of Topliss-reactive ketones (excluding diaryl/α,β-unsaturated/α-hetero) is 1. The van der Waals surface area contributed by atoms with Gasteiger partial charge in [0, 0.05) is 13.0 Å². The highest BCUT2D eigenvalue weighted by atomic mass is 16.3. The fourth-order valence-electron chi connectivity index (χ4n) is 2.99. The van der Waals surface area contributed by atoms with Crippen LogP contribution in [0.25, 0.3) is 0 Å².